The second kappa shape index (κ2) is 10.4. The van der Waals surface area contributed by atoms with Crippen LogP contribution in [0.15, 0.2) is 117 Å². The Bertz CT molecular complexity index is 1900. The lowest BCUT2D eigenvalue weighted by Gasteiger charge is -2.43. The minimum absolute atomic E-state index is 0.362. The molecule has 2 fully saturated rings. The first-order chi connectivity index (χ1) is 21.8. The number of hydrogen-bond acceptors (Lipinski definition) is 9. The van der Waals surface area contributed by atoms with Gasteiger partial charge in [0.25, 0.3) is 0 Å². The van der Waals surface area contributed by atoms with Gasteiger partial charge in [-0.3, -0.25) is 15.1 Å². The Morgan fingerprint density at radius 3 is 2.48 bits per heavy atom. The number of nitrogens with zero attached hydrogens (tertiary/aromatic N) is 6. The standard InChI is InChI=1S/C34H31N7O2S/c1-3-10-25-23(8-1)14-15-29(37-25)44(30-22-36-26-11-4-5-12-27(26)38-30)33(40-19-16-24-9-2-6-13-28(24)40)31(32-35-17-21-42-32)39-34(44)41-18-7-20-43-41/h1-6,8-15,22,32,35H,7,16-21H2. The molecule has 220 valence electrons. The van der Waals surface area contributed by atoms with Gasteiger partial charge in [0.05, 0.1) is 47.5 Å². The molecule has 44 heavy (non-hydrogen) atoms. The van der Waals surface area contributed by atoms with Gasteiger partial charge in [-0.2, -0.15) is 0 Å². The highest BCUT2D eigenvalue weighted by molar-refractivity contribution is 8.48. The van der Waals surface area contributed by atoms with Gasteiger partial charge in [0.15, 0.2) is 11.4 Å². The number of rotatable bonds is 4. The summed E-state index contributed by atoms with van der Waals surface area (Å²) in [5.74, 6) is 0. The van der Waals surface area contributed by atoms with Crippen LogP contribution in [0.25, 0.3) is 21.9 Å². The summed E-state index contributed by atoms with van der Waals surface area (Å²) >= 11 is 0. The Balaban J connectivity index is 1.40. The number of aliphatic imine (C=N–C) groups is 1. The van der Waals surface area contributed by atoms with E-state index in [0.29, 0.717) is 13.2 Å². The fraction of sp³-hybridized carbons (Fsp3) is 0.235. The molecule has 0 amide bonds. The second-order valence-corrected chi connectivity index (χ2v) is 14.1. The van der Waals surface area contributed by atoms with E-state index in [1.165, 1.54) is 11.3 Å². The zero-order chi connectivity index (χ0) is 29.1. The van der Waals surface area contributed by atoms with Gasteiger partial charge < -0.3 is 9.64 Å². The number of hydroxylamine groups is 2. The Morgan fingerprint density at radius 1 is 0.795 bits per heavy atom. The maximum atomic E-state index is 6.34. The fourth-order valence-electron chi connectivity index (χ4n) is 6.69. The van der Waals surface area contributed by atoms with Crippen LogP contribution >= 0.6 is 10.0 Å². The Kier molecular flexibility index (Phi) is 6.15. The molecule has 9 nitrogen and oxygen atoms in total. The summed E-state index contributed by atoms with van der Waals surface area (Å²) in [5, 5.41) is 10.3. The molecular weight excluding hydrogens is 570 g/mol. The zero-order valence-corrected chi connectivity index (χ0v) is 24.9. The van der Waals surface area contributed by atoms with E-state index in [-0.39, 0.29) is 6.23 Å². The van der Waals surface area contributed by atoms with Gasteiger partial charge in [-0.25, -0.2) is 20.0 Å². The van der Waals surface area contributed by atoms with E-state index in [0.717, 1.165) is 80.4 Å². The zero-order valence-electron chi connectivity index (χ0n) is 24.1. The van der Waals surface area contributed by atoms with Gasteiger partial charge in [-0.1, -0.05) is 54.6 Å². The fourth-order valence-corrected chi connectivity index (χ4v) is 10.5. The molecule has 1 N–H and O–H groups in total. The minimum atomic E-state index is -2.43. The van der Waals surface area contributed by atoms with Crippen LogP contribution in [0.5, 0.6) is 0 Å². The molecule has 2 saturated heterocycles. The Hall–Kier alpha value is -4.35. The quantitative estimate of drug-likeness (QED) is 0.286. The topological polar surface area (TPSA) is 88.0 Å². The monoisotopic (exact) mass is 601 g/mol. The maximum absolute atomic E-state index is 6.34. The third-order valence-electron chi connectivity index (χ3n) is 8.69. The number of para-hydroxylation sites is 4. The summed E-state index contributed by atoms with van der Waals surface area (Å²) in [4.78, 5) is 30.1. The van der Waals surface area contributed by atoms with Crippen molar-refractivity contribution in [2.75, 3.05) is 37.7 Å². The number of ether oxygens (including phenoxy) is 1. The summed E-state index contributed by atoms with van der Waals surface area (Å²) < 4.78 is 6.33. The highest BCUT2D eigenvalue weighted by atomic mass is 32.3. The third kappa shape index (κ3) is 3.92. The van der Waals surface area contributed by atoms with Crippen LogP contribution in [0.1, 0.15) is 12.0 Å². The molecule has 0 radical (unpaired) electrons. The van der Waals surface area contributed by atoms with Crippen LogP contribution in [0, 0.1) is 0 Å². The number of hydrogen-bond donors (Lipinski definition) is 1. The van der Waals surface area contributed by atoms with Crippen LogP contribution < -0.4 is 10.2 Å². The number of anilines is 1. The summed E-state index contributed by atoms with van der Waals surface area (Å²) in [6.45, 7) is 3.57. The molecule has 4 aliphatic heterocycles. The molecule has 5 aromatic rings. The lowest BCUT2D eigenvalue weighted by Crippen LogP contribution is -2.35. The van der Waals surface area contributed by atoms with Crippen molar-refractivity contribution in [2.45, 2.75) is 29.1 Å². The van der Waals surface area contributed by atoms with Crippen molar-refractivity contribution < 1.29 is 9.57 Å². The number of aromatic nitrogens is 3. The maximum Gasteiger partial charge on any atom is 0.187 e. The van der Waals surface area contributed by atoms with Crippen molar-refractivity contribution in [3.8, 4) is 0 Å². The number of benzene rings is 3. The van der Waals surface area contributed by atoms with E-state index >= 15 is 0 Å². The SMILES string of the molecule is c1ccc2c(c1)CCN2C1=C(C2NCCO2)N=C(N2CCCO2)S1(c1ccc2ccccc2n1)c1cnc2ccccc2n1. The van der Waals surface area contributed by atoms with E-state index in [1.807, 2.05) is 41.6 Å². The highest BCUT2D eigenvalue weighted by Gasteiger charge is 2.54. The number of pyridine rings is 1. The summed E-state index contributed by atoms with van der Waals surface area (Å²) in [7, 11) is -2.43. The molecule has 4 aliphatic rings. The van der Waals surface area contributed by atoms with Gasteiger partial charge >= 0.3 is 0 Å². The second-order valence-electron chi connectivity index (χ2n) is 11.3. The van der Waals surface area contributed by atoms with Crippen LogP contribution in [0.4, 0.5) is 5.69 Å². The van der Waals surface area contributed by atoms with Crippen molar-refractivity contribution in [3.05, 3.63) is 107 Å². The molecule has 0 aliphatic carbocycles. The van der Waals surface area contributed by atoms with Crippen LogP contribution in [0.3, 0.4) is 0 Å². The first-order valence-electron chi connectivity index (χ1n) is 15.2. The molecule has 6 heterocycles. The summed E-state index contributed by atoms with van der Waals surface area (Å²) in [6.07, 6.45) is 3.43. The number of nitrogens with one attached hydrogen (secondary N) is 1. The van der Waals surface area contributed by atoms with Crippen LogP contribution in [0.2, 0.25) is 0 Å². The molecule has 0 saturated carbocycles. The molecule has 0 bridgehead atoms. The average Bonchev–Trinajstić information content (AvgIpc) is 3.90. The first-order valence-corrected chi connectivity index (χ1v) is 16.8. The van der Waals surface area contributed by atoms with E-state index < -0.39 is 10.0 Å². The van der Waals surface area contributed by atoms with E-state index in [9.17, 15) is 0 Å². The van der Waals surface area contributed by atoms with Crippen molar-refractivity contribution in [3.63, 3.8) is 0 Å². The Morgan fingerprint density at radius 2 is 1.61 bits per heavy atom. The van der Waals surface area contributed by atoms with Crippen molar-refractivity contribution >= 4 is 42.8 Å². The lowest BCUT2D eigenvalue weighted by molar-refractivity contribution is -0.0408. The predicted molar refractivity (Wildman–Crippen MR) is 172 cm³/mol. The molecule has 0 spiro atoms. The van der Waals surface area contributed by atoms with Crippen LogP contribution in [-0.2, 0) is 16.0 Å². The third-order valence-corrected chi connectivity index (χ3v) is 12.2. The van der Waals surface area contributed by atoms with Gasteiger partial charge in [0, 0.05) is 24.2 Å². The van der Waals surface area contributed by atoms with Gasteiger partial charge in [-0.15, -0.1) is 0 Å². The largest absolute Gasteiger partial charge is 0.356 e. The molecule has 10 heteroatoms. The minimum Gasteiger partial charge on any atom is -0.356 e. The Labute approximate surface area is 256 Å². The molecule has 2 unspecified atom stereocenters. The highest BCUT2D eigenvalue weighted by Crippen LogP contribution is 2.73. The first kappa shape index (κ1) is 26.1. The van der Waals surface area contributed by atoms with E-state index in [2.05, 4.69) is 64.8 Å². The molecule has 9 rings (SSSR count). The van der Waals surface area contributed by atoms with Crippen LogP contribution in [-0.4, -0.2) is 64.3 Å². The predicted octanol–water partition coefficient (Wildman–Crippen LogP) is 5.59. The molecule has 3 aromatic carbocycles. The molecular formula is C34H31N7O2S. The molecule has 2 aromatic heterocycles. The van der Waals surface area contributed by atoms with Crippen molar-refractivity contribution in [2.24, 2.45) is 4.99 Å². The lowest BCUT2D eigenvalue weighted by atomic mass is 10.2. The van der Waals surface area contributed by atoms with E-state index in [4.69, 9.17) is 29.5 Å². The average molecular weight is 602 g/mol. The normalized spacial score (nSPS) is 24.7. The van der Waals surface area contributed by atoms with Gasteiger partial charge in [0.1, 0.15) is 15.8 Å². The summed E-state index contributed by atoms with van der Waals surface area (Å²) in [5.41, 5.74) is 5.98. The van der Waals surface area contributed by atoms with E-state index in [1.54, 1.807) is 0 Å². The van der Waals surface area contributed by atoms with Gasteiger partial charge in [0.2, 0.25) is 0 Å². The molecule has 2 atom stereocenters. The van der Waals surface area contributed by atoms with Crippen molar-refractivity contribution in [1.82, 2.24) is 25.3 Å². The smallest absolute Gasteiger partial charge is 0.187 e. The van der Waals surface area contributed by atoms with Crippen molar-refractivity contribution in [1.29, 1.82) is 0 Å². The number of amidine groups is 1. The number of fused-ring (bicyclic) bond motifs is 3. The van der Waals surface area contributed by atoms with Gasteiger partial charge in [-0.05, 0) is 58.8 Å². The summed E-state index contributed by atoms with van der Waals surface area (Å²) in [6, 6.07) is 29.3.